The third-order valence-corrected chi connectivity index (χ3v) is 8.42. The minimum atomic E-state index is -3.66. The number of pyridine rings is 1. The summed E-state index contributed by atoms with van der Waals surface area (Å²) in [6.07, 6.45) is 4.41. The molecule has 0 aliphatic carbocycles. The molecule has 2 fully saturated rings. The van der Waals surface area contributed by atoms with Gasteiger partial charge in [-0.1, -0.05) is 12.1 Å². The number of benzene rings is 1. The van der Waals surface area contributed by atoms with E-state index in [0.717, 1.165) is 36.8 Å². The number of sulfonamides is 1. The SMILES string of the molecule is O=S(=O)(c1cccc2nsnc12)N1CCC2COCCN(Cc3cccnc3)C2C1. The van der Waals surface area contributed by atoms with Crippen molar-refractivity contribution < 1.29 is 13.2 Å². The van der Waals surface area contributed by atoms with Crippen LogP contribution >= 0.6 is 11.7 Å². The summed E-state index contributed by atoms with van der Waals surface area (Å²) in [6.45, 7) is 3.77. The predicted molar refractivity (Wildman–Crippen MR) is 114 cm³/mol. The third-order valence-electron chi connectivity index (χ3n) is 5.98. The Morgan fingerprint density at radius 1 is 1.17 bits per heavy atom. The van der Waals surface area contributed by atoms with Gasteiger partial charge >= 0.3 is 0 Å². The monoisotopic (exact) mass is 445 g/mol. The van der Waals surface area contributed by atoms with E-state index in [1.807, 2.05) is 12.3 Å². The van der Waals surface area contributed by atoms with E-state index < -0.39 is 10.0 Å². The number of fused-ring (bicyclic) bond motifs is 2. The van der Waals surface area contributed by atoms with Crippen LogP contribution in [0, 0.1) is 5.92 Å². The van der Waals surface area contributed by atoms with Gasteiger partial charge in [0.1, 0.15) is 15.9 Å². The summed E-state index contributed by atoms with van der Waals surface area (Å²) in [4.78, 5) is 6.81. The van der Waals surface area contributed by atoms with Gasteiger partial charge in [0, 0.05) is 50.5 Å². The number of rotatable bonds is 4. The molecule has 0 radical (unpaired) electrons. The van der Waals surface area contributed by atoms with Crippen LogP contribution < -0.4 is 0 Å². The fraction of sp³-hybridized carbons (Fsp3) is 0.450. The van der Waals surface area contributed by atoms with Crippen LogP contribution in [0.2, 0.25) is 0 Å². The molecular formula is C20H23N5O3S2. The molecule has 8 nitrogen and oxygen atoms in total. The lowest BCUT2D eigenvalue weighted by Gasteiger charge is -2.41. The molecule has 2 atom stereocenters. The van der Waals surface area contributed by atoms with E-state index in [2.05, 4.69) is 24.7 Å². The number of hydrogen-bond donors (Lipinski definition) is 0. The van der Waals surface area contributed by atoms with Crippen molar-refractivity contribution in [2.24, 2.45) is 5.92 Å². The standard InChI is InChI=1S/C20H23N5O3S2/c26-30(27,19-5-1-4-17-20(19)23-29-22-17)25-8-6-16-14-28-10-9-24(18(16)13-25)12-15-3-2-7-21-11-15/h1-5,7,11,16,18H,6,8-10,12-14H2. The highest BCUT2D eigenvalue weighted by Gasteiger charge is 2.40. The summed E-state index contributed by atoms with van der Waals surface area (Å²) in [5.41, 5.74) is 2.20. The second-order valence-electron chi connectivity index (χ2n) is 7.77. The minimum Gasteiger partial charge on any atom is -0.380 e. The van der Waals surface area contributed by atoms with E-state index >= 15 is 0 Å². The van der Waals surface area contributed by atoms with E-state index in [4.69, 9.17) is 4.74 Å². The third kappa shape index (κ3) is 3.74. The average Bonchev–Trinajstić information content (AvgIpc) is 3.17. The maximum Gasteiger partial charge on any atom is 0.245 e. The molecule has 0 spiro atoms. The van der Waals surface area contributed by atoms with E-state index in [9.17, 15) is 8.42 Å². The van der Waals surface area contributed by atoms with Crippen molar-refractivity contribution in [1.29, 1.82) is 0 Å². The molecule has 5 rings (SSSR count). The van der Waals surface area contributed by atoms with Gasteiger partial charge in [0.05, 0.1) is 24.9 Å². The summed E-state index contributed by atoms with van der Waals surface area (Å²) in [5, 5.41) is 0. The van der Waals surface area contributed by atoms with Crippen LogP contribution in [0.4, 0.5) is 0 Å². The molecular weight excluding hydrogens is 422 g/mol. The molecule has 30 heavy (non-hydrogen) atoms. The highest BCUT2D eigenvalue weighted by molar-refractivity contribution is 7.89. The van der Waals surface area contributed by atoms with Crippen molar-refractivity contribution in [2.45, 2.75) is 23.9 Å². The van der Waals surface area contributed by atoms with Gasteiger partial charge in [-0.25, -0.2) is 8.42 Å². The van der Waals surface area contributed by atoms with Crippen molar-refractivity contribution in [3.8, 4) is 0 Å². The summed E-state index contributed by atoms with van der Waals surface area (Å²) in [7, 11) is -3.66. The number of ether oxygens (including phenoxy) is 1. The van der Waals surface area contributed by atoms with Gasteiger partial charge in [-0.05, 0) is 30.2 Å². The second kappa shape index (κ2) is 8.27. The second-order valence-corrected chi connectivity index (χ2v) is 10.2. The van der Waals surface area contributed by atoms with E-state index in [1.54, 1.807) is 28.7 Å². The maximum atomic E-state index is 13.5. The Hall–Kier alpha value is -1.98. The van der Waals surface area contributed by atoms with Crippen molar-refractivity contribution in [2.75, 3.05) is 32.8 Å². The van der Waals surface area contributed by atoms with Gasteiger partial charge < -0.3 is 4.74 Å². The Balaban J connectivity index is 1.43. The largest absolute Gasteiger partial charge is 0.380 e. The van der Waals surface area contributed by atoms with Crippen LogP contribution in [0.25, 0.3) is 11.0 Å². The Morgan fingerprint density at radius 3 is 2.97 bits per heavy atom. The fourth-order valence-electron chi connectivity index (χ4n) is 4.41. The quantitative estimate of drug-likeness (QED) is 0.607. The van der Waals surface area contributed by atoms with Crippen LogP contribution in [-0.2, 0) is 21.3 Å². The molecule has 2 aromatic heterocycles. The number of aromatic nitrogens is 3. The molecule has 2 aliphatic rings. The van der Waals surface area contributed by atoms with Gasteiger partial charge in [-0.3, -0.25) is 9.88 Å². The zero-order valence-corrected chi connectivity index (χ0v) is 18.1. The molecule has 2 unspecified atom stereocenters. The van der Waals surface area contributed by atoms with Crippen molar-refractivity contribution in [1.82, 2.24) is 22.9 Å². The van der Waals surface area contributed by atoms with Gasteiger partial charge in [-0.2, -0.15) is 13.1 Å². The molecule has 0 bridgehead atoms. The van der Waals surface area contributed by atoms with E-state index in [-0.39, 0.29) is 10.9 Å². The topological polar surface area (TPSA) is 88.5 Å². The molecule has 0 amide bonds. The molecule has 10 heteroatoms. The van der Waals surface area contributed by atoms with Crippen LogP contribution in [-0.4, -0.2) is 70.2 Å². The van der Waals surface area contributed by atoms with Gasteiger partial charge in [-0.15, -0.1) is 0 Å². The van der Waals surface area contributed by atoms with Crippen LogP contribution in [0.1, 0.15) is 12.0 Å². The predicted octanol–water partition coefficient (Wildman–Crippen LogP) is 2.00. The minimum absolute atomic E-state index is 0.101. The Bertz CT molecular complexity index is 1120. The first-order valence-electron chi connectivity index (χ1n) is 10.0. The summed E-state index contributed by atoms with van der Waals surface area (Å²) in [5.74, 6) is 0.312. The first kappa shape index (κ1) is 20.0. The first-order valence-corrected chi connectivity index (χ1v) is 12.2. The van der Waals surface area contributed by atoms with Crippen molar-refractivity contribution >= 4 is 32.8 Å². The van der Waals surface area contributed by atoms with E-state index in [1.165, 1.54) is 0 Å². The number of hydrogen-bond acceptors (Lipinski definition) is 8. The van der Waals surface area contributed by atoms with Gasteiger partial charge in [0.2, 0.25) is 10.0 Å². The van der Waals surface area contributed by atoms with Crippen LogP contribution in [0.5, 0.6) is 0 Å². The molecule has 2 aliphatic heterocycles. The maximum absolute atomic E-state index is 13.5. The number of piperidine rings is 1. The van der Waals surface area contributed by atoms with E-state index in [0.29, 0.717) is 43.3 Å². The molecule has 4 heterocycles. The zero-order chi connectivity index (χ0) is 20.6. The lowest BCUT2D eigenvalue weighted by Crippen LogP contribution is -2.54. The summed E-state index contributed by atoms with van der Waals surface area (Å²) in [6, 6.07) is 9.25. The highest BCUT2D eigenvalue weighted by atomic mass is 32.2. The molecule has 0 saturated carbocycles. The molecule has 2 saturated heterocycles. The van der Waals surface area contributed by atoms with Crippen molar-refractivity contribution in [3.05, 3.63) is 48.3 Å². The first-order chi connectivity index (χ1) is 14.6. The lowest BCUT2D eigenvalue weighted by molar-refractivity contribution is 0.0766. The molecule has 0 N–H and O–H groups in total. The van der Waals surface area contributed by atoms with Gasteiger partial charge in [0.15, 0.2) is 0 Å². The lowest BCUT2D eigenvalue weighted by atomic mass is 9.92. The number of nitrogens with zero attached hydrogens (tertiary/aromatic N) is 5. The Labute approximate surface area is 179 Å². The smallest absolute Gasteiger partial charge is 0.245 e. The average molecular weight is 446 g/mol. The fourth-order valence-corrected chi connectivity index (χ4v) is 6.64. The van der Waals surface area contributed by atoms with Crippen molar-refractivity contribution in [3.63, 3.8) is 0 Å². The molecule has 1 aromatic carbocycles. The summed E-state index contributed by atoms with van der Waals surface area (Å²) < 4.78 is 42.9. The molecule has 3 aromatic rings. The molecule has 158 valence electrons. The normalized spacial score (nSPS) is 23.9. The highest BCUT2D eigenvalue weighted by Crippen LogP contribution is 2.31. The Morgan fingerprint density at radius 2 is 2.10 bits per heavy atom. The van der Waals surface area contributed by atoms with Gasteiger partial charge in [0.25, 0.3) is 0 Å². The Kier molecular flexibility index (Phi) is 5.50. The van der Waals surface area contributed by atoms with Crippen LogP contribution in [0.3, 0.4) is 0 Å². The zero-order valence-electron chi connectivity index (χ0n) is 16.4. The van der Waals surface area contributed by atoms with Crippen LogP contribution in [0.15, 0.2) is 47.6 Å². The summed E-state index contributed by atoms with van der Waals surface area (Å²) >= 11 is 1.04.